The minimum Gasteiger partial charge on any atom is -0.383 e. The average Bonchev–Trinajstić information content (AvgIpc) is 3.40. The first-order valence-corrected chi connectivity index (χ1v) is 10.4. The summed E-state index contributed by atoms with van der Waals surface area (Å²) < 4.78 is 1.60. The lowest BCUT2D eigenvalue weighted by Gasteiger charge is -2.19. The summed E-state index contributed by atoms with van der Waals surface area (Å²) in [4.78, 5) is 20.9. The number of aromatic amines is 1. The Bertz CT molecular complexity index is 1380. The number of aromatic nitrogens is 4. The van der Waals surface area contributed by atoms with Gasteiger partial charge in [-0.1, -0.05) is 39.0 Å². The molecule has 0 bridgehead atoms. The Kier molecular flexibility index (Phi) is 4.15. The zero-order chi connectivity index (χ0) is 21.9. The molecule has 1 aliphatic rings. The number of nitrogens with one attached hydrogen (secondary N) is 1. The molecule has 3 N–H and O–H groups in total. The predicted molar refractivity (Wildman–Crippen MR) is 124 cm³/mol. The van der Waals surface area contributed by atoms with Gasteiger partial charge in [-0.25, -0.2) is 9.67 Å². The maximum Gasteiger partial charge on any atom is 0.194 e. The van der Waals surface area contributed by atoms with Crippen LogP contribution in [-0.4, -0.2) is 25.5 Å². The topological polar surface area (TPSA) is 89.6 Å². The second-order valence-electron chi connectivity index (χ2n) is 9.22. The van der Waals surface area contributed by atoms with Gasteiger partial charge in [0.05, 0.1) is 28.5 Å². The summed E-state index contributed by atoms with van der Waals surface area (Å²) in [7, 11) is 0. The third-order valence-corrected chi connectivity index (χ3v) is 5.89. The fourth-order valence-corrected chi connectivity index (χ4v) is 4.12. The van der Waals surface area contributed by atoms with Crippen LogP contribution in [0.5, 0.6) is 0 Å². The normalized spacial score (nSPS) is 13.5. The number of nitrogen functional groups attached to an aromatic ring is 1. The Balaban J connectivity index is 1.47. The molecule has 5 rings (SSSR count). The van der Waals surface area contributed by atoms with Crippen molar-refractivity contribution in [3.63, 3.8) is 0 Å². The number of Topliss-reactive ketones (excluding diaryl/α,β-unsaturated/α-hetero) is 1. The molecule has 31 heavy (non-hydrogen) atoms. The standard InChI is InChI=1S/C25H25N5O/c1-14-28-21-8-7-19(12-22(21)29-14)30-24(26)20(13-27-30)23(31)17-9-15-5-6-18(25(2,3)4)11-16(15)10-17/h5-8,10-13H,9,26H2,1-4H3,(H,28,29). The number of carbonyl (C=O) groups is 1. The summed E-state index contributed by atoms with van der Waals surface area (Å²) in [6.07, 6.45) is 4.16. The summed E-state index contributed by atoms with van der Waals surface area (Å²) in [5.41, 5.74) is 13.7. The molecule has 2 aromatic heterocycles. The number of rotatable bonds is 3. The number of fused-ring (bicyclic) bond motifs is 2. The van der Waals surface area contributed by atoms with Gasteiger partial charge in [-0.3, -0.25) is 4.79 Å². The molecular formula is C25H25N5O. The molecule has 0 aliphatic heterocycles. The molecule has 0 atom stereocenters. The predicted octanol–water partition coefficient (Wildman–Crippen LogP) is 4.76. The highest BCUT2D eigenvalue weighted by molar-refractivity contribution is 6.15. The van der Waals surface area contributed by atoms with E-state index >= 15 is 0 Å². The SMILES string of the molecule is Cc1nc2ccc(-n3ncc(C(=O)C4=Cc5cc(C(C)(C)C)ccc5C4)c3N)cc2[nH]1. The third kappa shape index (κ3) is 3.24. The quantitative estimate of drug-likeness (QED) is 0.476. The Labute approximate surface area is 180 Å². The maximum atomic E-state index is 13.3. The largest absolute Gasteiger partial charge is 0.383 e. The van der Waals surface area contributed by atoms with E-state index in [1.807, 2.05) is 31.2 Å². The van der Waals surface area contributed by atoms with Crippen LogP contribution in [0.15, 0.2) is 48.2 Å². The smallest absolute Gasteiger partial charge is 0.194 e. The minimum absolute atomic E-state index is 0.0650. The van der Waals surface area contributed by atoms with Crippen molar-refractivity contribution in [1.82, 2.24) is 19.7 Å². The van der Waals surface area contributed by atoms with Crippen LogP contribution in [0.25, 0.3) is 22.8 Å². The van der Waals surface area contributed by atoms with Crippen LogP contribution in [0.4, 0.5) is 5.82 Å². The first kappa shape index (κ1) is 19.3. The van der Waals surface area contributed by atoms with Gasteiger partial charge in [-0.15, -0.1) is 0 Å². The lowest BCUT2D eigenvalue weighted by molar-refractivity contribution is 0.103. The number of nitrogens with two attached hydrogens (primary N) is 1. The number of aryl methyl sites for hydroxylation is 1. The molecule has 0 amide bonds. The monoisotopic (exact) mass is 411 g/mol. The van der Waals surface area contributed by atoms with Crippen LogP contribution in [0.3, 0.4) is 0 Å². The van der Waals surface area contributed by atoms with Crippen LogP contribution in [-0.2, 0) is 11.8 Å². The van der Waals surface area contributed by atoms with Crippen LogP contribution in [0.1, 0.15) is 53.6 Å². The van der Waals surface area contributed by atoms with Crippen molar-refractivity contribution in [2.24, 2.45) is 0 Å². The van der Waals surface area contributed by atoms with E-state index in [1.54, 1.807) is 10.9 Å². The second-order valence-corrected chi connectivity index (χ2v) is 9.22. The summed E-state index contributed by atoms with van der Waals surface area (Å²) in [6.45, 7) is 8.49. The van der Waals surface area contributed by atoms with Gasteiger partial charge in [0.25, 0.3) is 0 Å². The molecule has 0 saturated heterocycles. The zero-order valence-electron chi connectivity index (χ0n) is 18.2. The van der Waals surface area contributed by atoms with Gasteiger partial charge in [-0.2, -0.15) is 5.10 Å². The first-order chi connectivity index (χ1) is 14.7. The molecule has 0 fully saturated rings. The van der Waals surface area contributed by atoms with E-state index in [0.717, 1.165) is 33.7 Å². The van der Waals surface area contributed by atoms with Crippen molar-refractivity contribution in [2.75, 3.05) is 5.73 Å². The molecule has 1 aliphatic carbocycles. The first-order valence-electron chi connectivity index (χ1n) is 10.4. The van der Waals surface area contributed by atoms with Crippen molar-refractivity contribution in [1.29, 1.82) is 0 Å². The lowest BCUT2D eigenvalue weighted by Crippen LogP contribution is -2.11. The fraction of sp³-hybridized carbons (Fsp3) is 0.240. The summed E-state index contributed by atoms with van der Waals surface area (Å²) in [5, 5.41) is 4.40. The molecule has 2 heterocycles. The highest BCUT2D eigenvalue weighted by atomic mass is 16.1. The number of anilines is 1. The van der Waals surface area contributed by atoms with Crippen LogP contribution >= 0.6 is 0 Å². The van der Waals surface area contributed by atoms with Gasteiger partial charge >= 0.3 is 0 Å². The van der Waals surface area contributed by atoms with E-state index in [9.17, 15) is 4.79 Å². The Morgan fingerprint density at radius 3 is 2.74 bits per heavy atom. The summed E-state index contributed by atoms with van der Waals surface area (Å²) in [5.74, 6) is 1.11. The molecule has 2 aromatic carbocycles. The van der Waals surface area contributed by atoms with E-state index in [1.165, 1.54) is 11.1 Å². The fourth-order valence-electron chi connectivity index (χ4n) is 4.12. The second kappa shape index (κ2) is 6.67. The van der Waals surface area contributed by atoms with Crippen molar-refractivity contribution in [3.8, 4) is 5.69 Å². The number of allylic oxidation sites excluding steroid dienone is 1. The van der Waals surface area contributed by atoms with Crippen LogP contribution < -0.4 is 5.73 Å². The Morgan fingerprint density at radius 2 is 1.97 bits per heavy atom. The van der Waals surface area contributed by atoms with Crippen LogP contribution in [0.2, 0.25) is 0 Å². The number of nitrogens with zero attached hydrogens (tertiary/aromatic N) is 3. The Morgan fingerprint density at radius 1 is 1.16 bits per heavy atom. The van der Waals surface area contributed by atoms with Crippen LogP contribution in [0, 0.1) is 6.92 Å². The highest BCUT2D eigenvalue weighted by Gasteiger charge is 2.25. The summed E-state index contributed by atoms with van der Waals surface area (Å²) >= 11 is 0. The molecule has 0 radical (unpaired) electrons. The van der Waals surface area contributed by atoms with Gasteiger partial charge in [0.15, 0.2) is 5.78 Å². The van der Waals surface area contributed by atoms with Crippen molar-refractivity contribution >= 4 is 28.7 Å². The van der Waals surface area contributed by atoms with E-state index in [4.69, 9.17) is 5.73 Å². The number of ketones is 1. The minimum atomic E-state index is -0.0734. The number of hydrogen-bond acceptors (Lipinski definition) is 4. The van der Waals surface area contributed by atoms with E-state index in [2.05, 4.69) is 54.0 Å². The molecule has 156 valence electrons. The zero-order valence-corrected chi connectivity index (χ0v) is 18.2. The van der Waals surface area contributed by atoms with Gasteiger partial charge in [-0.05, 0) is 53.3 Å². The highest BCUT2D eigenvalue weighted by Crippen LogP contribution is 2.33. The van der Waals surface area contributed by atoms with E-state index in [-0.39, 0.29) is 11.2 Å². The number of H-pyrrole nitrogens is 1. The maximum absolute atomic E-state index is 13.3. The van der Waals surface area contributed by atoms with Gasteiger partial charge in [0.1, 0.15) is 11.6 Å². The van der Waals surface area contributed by atoms with Crippen molar-refractivity contribution < 1.29 is 4.79 Å². The molecule has 4 aromatic rings. The van der Waals surface area contributed by atoms with Crippen molar-refractivity contribution in [2.45, 2.75) is 39.5 Å². The average molecular weight is 412 g/mol. The molecule has 6 nitrogen and oxygen atoms in total. The number of hydrogen-bond donors (Lipinski definition) is 2. The van der Waals surface area contributed by atoms with E-state index < -0.39 is 0 Å². The van der Waals surface area contributed by atoms with Gasteiger partial charge < -0.3 is 10.7 Å². The number of carbonyl (C=O) groups excluding carboxylic acids is 1. The summed E-state index contributed by atoms with van der Waals surface area (Å²) in [6, 6.07) is 12.2. The van der Waals surface area contributed by atoms with Crippen molar-refractivity contribution in [3.05, 3.63) is 76.2 Å². The molecule has 0 saturated carbocycles. The molecule has 0 unspecified atom stereocenters. The third-order valence-electron chi connectivity index (χ3n) is 5.89. The van der Waals surface area contributed by atoms with E-state index in [0.29, 0.717) is 17.8 Å². The molecule has 0 spiro atoms. The van der Waals surface area contributed by atoms with Gasteiger partial charge in [0.2, 0.25) is 0 Å². The van der Waals surface area contributed by atoms with Gasteiger partial charge in [0, 0.05) is 12.0 Å². The Hall–Kier alpha value is -3.67. The molecule has 6 heteroatoms. The lowest BCUT2D eigenvalue weighted by atomic mass is 9.85. The number of benzene rings is 2. The number of imidazole rings is 1. The molecular weight excluding hydrogens is 386 g/mol.